The molecule has 1 amide bonds. The predicted octanol–water partition coefficient (Wildman–Crippen LogP) is 5.40. The van der Waals surface area contributed by atoms with Crippen molar-refractivity contribution in [2.24, 2.45) is 50.2 Å². The van der Waals surface area contributed by atoms with Gasteiger partial charge >= 0.3 is 16.9 Å². The number of amides is 1. The first-order chi connectivity index (χ1) is 28.1. The highest BCUT2D eigenvalue weighted by Gasteiger charge is 2.70. The van der Waals surface area contributed by atoms with Crippen LogP contribution in [-0.4, -0.2) is 56.8 Å². The minimum absolute atomic E-state index is 0.0141. The minimum atomic E-state index is -4.31. The van der Waals surface area contributed by atoms with Crippen LogP contribution >= 0.6 is 0 Å². The Bertz CT molecular complexity index is 2440. The Kier molecular flexibility index (Phi) is 10.5. The van der Waals surface area contributed by atoms with E-state index in [0.29, 0.717) is 25.7 Å². The lowest BCUT2D eigenvalue weighted by molar-refractivity contribution is -0.832. The number of nitriles is 1. The summed E-state index contributed by atoms with van der Waals surface area (Å²) in [4.78, 5) is 55.1. The Morgan fingerprint density at radius 2 is 1.68 bits per heavy atom. The van der Waals surface area contributed by atoms with Crippen molar-refractivity contribution in [2.75, 3.05) is 19.8 Å². The largest absolute Gasteiger partial charge is 0.451 e. The Morgan fingerprint density at radius 3 is 2.38 bits per heavy atom. The normalized spacial score (nSPS) is 32.5. The molecule has 318 valence electrons. The summed E-state index contributed by atoms with van der Waals surface area (Å²) < 4.78 is 40.9. The molecule has 1 heterocycles. The molecule has 2 aromatic rings. The van der Waals surface area contributed by atoms with Crippen LogP contribution < -0.4 is 15.0 Å². The maximum Gasteiger partial charge on any atom is 0.415 e. The standard InChI is InChI=1S/C45H52N4O10S/c1-40(2)17-19-45(39(53)47-27-34(51)57-21-11-12-22-58-37-38(49(54)59-48-37)60(55,56)29-13-9-8-10-14-29)20-18-44(7)35(30(45)25-40)31(50)23-33-42(5)24-28(26-46)36(52)41(3,4)32(42)15-16-43(33,44)6/h8-10,13-14,23-24,30,32,35H,15-22,25,27H2,1-7H3,(H,47,53)/t30-,32-,35-,42-,43+,44+,45-/m0/s1. The average molecular weight is 841 g/mol. The van der Waals surface area contributed by atoms with Crippen LogP contribution in [0.5, 0.6) is 5.88 Å². The van der Waals surface area contributed by atoms with Gasteiger partial charge < -0.3 is 20.0 Å². The maximum atomic E-state index is 14.8. The van der Waals surface area contributed by atoms with E-state index in [0.717, 1.165) is 24.8 Å². The summed E-state index contributed by atoms with van der Waals surface area (Å²) in [6, 6.07) is 9.39. The van der Waals surface area contributed by atoms with Gasteiger partial charge in [0.15, 0.2) is 24.8 Å². The first-order valence-corrected chi connectivity index (χ1v) is 21.9. The molecular weight excluding hydrogens is 789 g/mol. The van der Waals surface area contributed by atoms with Crippen LogP contribution in [0.2, 0.25) is 0 Å². The number of allylic oxidation sites excluding steroid dienone is 4. The van der Waals surface area contributed by atoms with Gasteiger partial charge in [-0.25, -0.2) is 8.42 Å². The lowest BCUT2D eigenvalue weighted by Gasteiger charge is -2.69. The number of ketones is 2. The van der Waals surface area contributed by atoms with Gasteiger partial charge in [0.1, 0.15) is 12.6 Å². The zero-order valence-corrected chi connectivity index (χ0v) is 36.0. The number of hydrogen-bond acceptors (Lipinski definition) is 12. The Balaban J connectivity index is 1.04. The number of rotatable bonds is 8. The SMILES string of the molecule is CC1(C)CC[C@]2(C(=O)NCC(=O)OCC#CCOc3no[n+]([O-])c3S(=O)(=O)c3ccccc3)CC[C@]3(C)[C@H](C(=O)C=C4[C@@]5(C)C=C(C#N)C(=O)C(C)(C)[C@@H]5CC[C@]43C)[C@@H]2C1. The number of nitrogens with one attached hydrogen (secondary N) is 1. The van der Waals surface area contributed by atoms with Crippen LogP contribution in [0.25, 0.3) is 0 Å². The quantitative estimate of drug-likeness (QED) is 0.201. The van der Waals surface area contributed by atoms with Crippen LogP contribution in [0.3, 0.4) is 0 Å². The highest BCUT2D eigenvalue weighted by molar-refractivity contribution is 7.91. The van der Waals surface area contributed by atoms with Crippen molar-refractivity contribution >= 4 is 33.3 Å². The van der Waals surface area contributed by atoms with Gasteiger partial charge in [0.2, 0.25) is 5.91 Å². The summed E-state index contributed by atoms with van der Waals surface area (Å²) in [7, 11) is -4.31. The van der Waals surface area contributed by atoms with E-state index in [1.165, 1.54) is 24.3 Å². The van der Waals surface area contributed by atoms with Gasteiger partial charge in [0.05, 0.1) is 21.0 Å². The van der Waals surface area contributed by atoms with Gasteiger partial charge in [-0.2, -0.15) is 5.26 Å². The molecule has 0 bridgehead atoms. The third-order valence-electron chi connectivity index (χ3n) is 15.3. The second-order valence-corrected chi connectivity index (χ2v) is 21.1. The molecule has 7 atom stereocenters. The van der Waals surface area contributed by atoms with E-state index in [2.05, 4.69) is 67.6 Å². The summed E-state index contributed by atoms with van der Waals surface area (Å²) in [5, 5.41) is 27.5. The Hall–Kier alpha value is -5.28. The number of sulfone groups is 1. The molecule has 7 rings (SSSR count). The van der Waals surface area contributed by atoms with Gasteiger partial charge in [-0.15, -0.1) is 0 Å². The summed E-state index contributed by atoms with van der Waals surface area (Å²) in [5.74, 6) is 2.61. The lowest BCUT2D eigenvalue weighted by atomic mass is 9.34. The predicted molar refractivity (Wildman–Crippen MR) is 213 cm³/mol. The van der Waals surface area contributed by atoms with Crippen LogP contribution in [-0.2, 0) is 33.8 Å². The van der Waals surface area contributed by atoms with Crippen molar-refractivity contribution in [1.82, 2.24) is 10.5 Å². The van der Waals surface area contributed by atoms with Gasteiger partial charge in [-0.1, -0.05) is 90.2 Å². The molecule has 15 heteroatoms. The minimum Gasteiger partial charge on any atom is -0.451 e. The van der Waals surface area contributed by atoms with E-state index in [1.54, 1.807) is 6.07 Å². The topological polar surface area (TPSA) is 210 Å². The summed E-state index contributed by atoms with van der Waals surface area (Å²) in [6.45, 7) is 13.6. The summed E-state index contributed by atoms with van der Waals surface area (Å²) >= 11 is 0. The van der Waals surface area contributed by atoms with E-state index >= 15 is 0 Å². The molecule has 60 heavy (non-hydrogen) atoms. The van der Waals surface area contributed by atoms with Crippen LogP contribution in [0.15, 0.2) is 68.2 Å². The van der Waals surface area contributed by atoms with Gasteiger partial charge in [-0.05, 0) is 96.1 Å². The third-order valence-corrected chi connectivity index (χ3v) is 17.0. The molecule has 0 spiro atoms. The zero-order valence-electron chi connectivity index (χ0n) is 35.2. The zero-order chi connectivity index (χ0) is 43.7. The van der Waals surface area contributed by atoms with Crippen LogP contribution in [0.1, 0.15) is 93.4 Å². The van der Waals surface area contributed by atoms with Crippen molar-refractivity contribution < 1.29 is 46.6 Å². The Morgan fingerprint density at radius 1 is 1.00 bits per heavy atom. The lowest BCUT2D eigenvalue weighted by Crippen LogP contribution is -2.66. The van der Waals surface area contributed by atoms with Crippen molar-refractivity contribution in [3.05, 3.63) is 58.8 Å². The van der Waals surface area contributed by atoms with Crippen molar-refractivity contribution in [2.45, 2.75) is 103 Å². The third kappa shape index (κ3) is 6.55. The maximum absolute atomic E-state index is 14.8. The molecule has 1 N–H and O–H groups in total. The fraction of sp³-hybridized carbons (Fsp3) is 0.578. The second kappa shape index (κ2) is 14.7. The van der Waals surface area contributed by atoms with Crippen LogP contribution in [0.4, 0.5) is 0 Å². The summed E-state index contributed by atoms with van der Waals surface area (Å²) in [6.07, 6.45) is 8.35. The smallest absolute Gasteiger partial charge is 0.415 e. The first-order valence-electron chi connectivity index (χ1n) is 20.5. The highest BCUT2D eigenvalue weighted by atomic mass is 32.2. The number of nitrogens with zero attached hydrogens (tertiary/aromatic N) is 3. The highest BCUT2D eigenvalue weighted by Crippen LogP contribution is 2.74. The molecule has 14 nitrogen and oxygen atoms in total. The molecule has 5 aliphatic rings. The number of fused-ring (bicyclic) bond motifs is 7. The van der Waals surface area contributed by atoms with E-state index < -0.39 is 72.9 Å². The Labute approximate surface area is 350 Å². The number of Topliss-reactive ketones (excluding diaryl/α,β-unsaturated/α-hetero) is 1. The molecule has 0 unspecified atom stereocenters. The molecular formula is C45H52N4O10S. The molecule has 0 saturated heterocycles. The number of ether oxygens (including phenoxy) is 2. The van der Waals surface area contributed by atoms with Crippen molar-refractivity contribution in [3.8, 4) is 23.8 Å². The second-order valence-electron chi connectivity index (χ2n) is 19.3. The summed E-state index contributed by atoms with van der Waals surface area (Å²) in [5.41, 5.74) is -2.23. The van der Waals surface area contributed by atoms with E-state index in [9.17, 15) is 38.1 Å². The van der Waals surface area contributed by atoms with Gasteiger partial charge in [-0.3, -0.25) is 23.8 Å². The average Bonchev–Trinajstić information content (AvgIpc) is 3.58. The fourth-order valence-corrected chi connectivity index (χ4v) is 13.3. The van der Waals surface area contributed by atoms with Gasteiger partial charge in [0, 0.05) is 16.7 Å². The van der Waals surface area contributed by atoms with Crippen molar-refractivity contribution in [1.29, 1.82) is 5.26 Å². The molecule has 5 aliphatic carbocycles. The van der Waals surface area contributed by atoms with Crippen LogP contribution in [0, 0.1) is 78.6 Å². The van der Waals surface area contributed by atoms with Gasteiger partial charge in [0.25, 0.3) is 9.84 Å². The number of hydrogen-bond donors (Lipinski definition) is 1. The molecule has 0 radical (unpaired) electrons. The van der Waals surface area contributed by atoms with E-state index in [4.69, 9.17) is 9.47 Å². The van der Waals surface area contributed by atoms with E-state index in [-0.39, 0.29) is 56.7 Å². The number of aromatic nitrogens is 2. The molecule has 3 saturated carbocycles. The molecule has 1 aromatic carbocycles. The van der Waals surface area contributed by atoms with Crippen molar-refractivity contribution in [3.63, 3.8) is 0 Å². The van der Waals surface area contributed by atoms with E-state index in [1.807, 2.05) is 26.0 Å². The number of carbonyl (C=O) groups excluding carboxylic acids is 4. The number of benzene rings is 1. The fourth-order valence-electron chi connectivity index (χ4n) is 12.0. The molecule has 3 fully saturated rings. The first kappa shape index (κ1) is 42.8. The monoisotopic (exact) mass is 840 g/mol. The molecule has 0 aliphatic heterocycles. The number of esters is 1. The molecule has 1 aromatic heterocycles. The number of carbonyl (C=O) groups is 4.